The number of benzene rings is 2. The molecule has 0 bridgehead atoms. The topological polar surface area (TPSA) is 73.3 Å². The predicted octanol–water partition coefficient (Wildman–Crippen LogP) is 5.72. The molecule has 0 aliphatic heterocycles. The van der Waals surface area contributed by atoms with Crippen LogP contribution in [0.2, 0.25) is 0 Å². The second-order valence-electron chi connectivity index (χ2n) is 6.13. The summed E-state index contributed by atoms with van der Waals surface area (Å²) in [5.41, 5.74) is -3.02. The van der Waals surface area contributed by atoms with E-state index >= 15 is 0 Å². The van der Waals surface area contributed by atoms with Crippen LogP contribution in [0.25, 0.3) is 0 Å². The zero-order valence-corrected chi connectivity index (χ0v) is 15.8. The van der Waals surface area contributed by atoms with Crippen LogP contribution < -0.4 is 14.8 Å². The Bertz CT molecular complexity index is 1170. The Morgan fingerprint density at radius 2 is 1.61 bits per heavy atom. The van der Waals surface area contributed by atoms with Gasteiger partial charge in [0.05, 0.1) is 23.6 Å². The lowest BCUT2D eigenvalue weighted by Crippen LogP contribution is -2.19. The highest BCUT2D eigenvalue weighted by Crippen LogP contribution is 2.38. The van der Waals surface area contributed by atoms with Gasteiger partial charge in [-0.1, -0.05) is 0 Å². The van der Waals surface area contributed by atoms with Crippen LogP contribution in [0.1, 0.15) is 15.9 Å². The molecule has 0 unspecified atom stereocenters. The molecule has 1 aromatic heterocycles. The van der Waals surface area contributed by atoms with E-state index in [9.17, 15) is 39.9 Å². The summed E-state index contributed by atoms with van der Waals surface area (Å²) in [6.07, 6.45) is -8.19. The van der Waals surface area contributed by atoms with Gasteiger partial charge in [-0.25, -0.2) is 8.78 Å². The zero-order chi connectivity index (χ0) is 24.4. The summed E-state index contributed by atoms with van der Waals surface area (Å²) in [6.45, 7) is 0. The maximum Gasteiger partial charge on any atom is 0.573 e. The molecule has 1 N–H and O–H groups in total. The third kappa shape index (κ3) is 5.84. The average Bonchev–Trinajstić information content (AvgIpc) is 2.69. The van der Waals surface area contributed by atoms with Crippen LogP contribution in [0.4, 0.5) is 40.8 Å². The second-order valence-corrected chi connectivity index (χ2v) is 6.13. The molecule has 33 heavy (non-hydrogen) atoms. The second kappa shape index (κ2) is 8.88. The van der Waals surface area contributed by atoms with E-state index in [4.69, 9.17) is 4.74 Å². The fraction of sp³-hybridized carbons (Fsp3) is 0.105. The van der Waals surface area contributed by atoms with Crippen molar-refractivity contribution >= 4 is 11.6 Å². The first kappa shape index (κ1) is 23.7. The number of anilines is 1. The van der Waals surface area contributed by atoms with E-state index in [0.29, 0.717) is 18.2 Å². The van der Waals surface area contributed by atoms with Gasteiger partial charge in [0.1, 0.15) is 17.1 Å². The quantitative estimate of drug-likeness (QED) is 0.475. The number of alkyl halides is 6. The van der Waals surface area contributed by atoms with Crippen LogP contribution >= 0.6 is 0 Å². The molecule has 174 valence electrons. The van der Waals surface area contributed by atoms with Gasteiger partial charge in [-0.15, -0.1) is 13.2 Å². The fourth-order valence-electron chi connectivity index (χ4n) is 2.51. The molecule has 3 aromatic rings. The molecule has 0 saturated carbocycles. The van der Waals surface area contributed by atoms with Crippen molar-refractivity contribution in [3.8, 4) is 17.2 Å². The van der Waals surface area contributed by atoms with Gasteiger partial charge in [-0.05, 0) is 30.3 Å². The van der Waals surface area contributed by atoms with Crippen molar-refractivity contribution in [1.82, 2.24) is 10.2 Å². The molecule has 0 saturated heterocycles. The number of amides is 1. The highest BCUT2D eigenvalue weighted by atomic mass is 19.4. The lowest BCUT2D eigenvalue weighted by molar-refractivity contribution is -0.275. The minimum absolute atomic E-state index is 0.0440. The molecule has 0 aliphatic rings. The van der Waals surface area contributed by atoms with Gasteiger partial charge < -0.3 is 14.8 Å². The zero-order valence-electron chi connectivity index (χ0n) is 15.8. The molecular weight excluding hydrogens is 470 g/mol. The number of hydrogen-bond donors (Lipinski definition) is 1. The van der Waals surface area contributed by atoms with Gasteiger partial charge in [-0.3, -0.25) is 4.79 Å². The standard InChI is InChI=1S/C19H9F8N3O3/c20-12-7-10(1-3-13(12)33-19(25,26)27)32-14-4-2-11(18(22,23)24)16(21)15(14)17(31)30-9-5-6-28-29-8-9/h1-8H,(H,28,30,31). The van der Waals surface area contributed by atoms with E-state index in [1.54, 1.807) is 0 Å². The maximum absolute atomic E-state index is 14.7. The largest absolute Gasteiger partial charge is 0.573 e. The van der Waals surface area contributed by atoms with Crippen molar-refractivity contribution in [3.05, 3.63) is 71.6 Å². The first-order chi connectivity index (χ1) is 15.3. The SMILES string of the molecule is O=C(Nc1ccnnc1)c1c(Oc2ccc(OC(F)(F)F)c(F)c2)ccc(C(F)(F)F)c1F. The van der Waals surface area contributed by atoms with Crippen LogP contribution in [0.5, 0.6) is 17.2 Å². The fourth-order valence-corrected chi connectivity index (χ4v) is 2.51. The van der Waals surface area contributed by atoms with Gasteiger partial charge in [-0.2, -0.15) is 23.4 Å². The molecule has 1 amide bonds. The van der Waals surface area contributed by atoms with Crippen LogP contribution in [0.3, 0.4) is 0 Å². The summed E-state index contributed by atoms with van der Waals surface area (Å²) in [5.74, 6) is -7.44. The summed E-state index contributed by atoms with van der Waals surface area (Å²) in [5, 5.41) is 8.98. The third-order valence-electron chi connectivity index (χ3n) is 3.84. The summed E-state index contributed by atoms with van der Waals surface area (Å²) >= 11 is 0. The first-order valence-corrected chi connectivity index (χ1v) is 8.56. The monoisotopic (exact) mass is 479 g/mol. The van der Waals surface area contributed by atoms with Crippen molar-refractivity contribution in [3.63, 3.8) is 0 Å². The van der Waals surface area contributed by atoms with Crippen molar-refractivity contribution in [2.45, 2.75) is 12.5 Å². The lowest BCUT2D eigenvalue weighted by Gasteiger charge is -2.16. The van der Waals surface area contributed by atoms with E-state index in [-0.39, 0.29) is 11.8 Å². The molecule has 0 radical (unpaired) electrons. The molecule has 0 aliphatic carbocycles. The Hall–Kier alpha value is -3.97. The minimum atomic E-state index is -5.19. The molecule has 14 heteroatoms. The molecule has 0 fully saturated rings. The summed E-state index contributed by atoms with van der Waals surface area (Å²) in [4.78, 5) is 12.5. The number of rotatable bonds is 5. The number of carbonyl (C=O) groups is 1. The highest BCUT2D eigenvalue weighted by molar-refractivity contribution is 6.06. The van der Waals surface area contributed by atoms with Crippen LogP contribution in [-0.4, -0.2) is 22.5 Å². The maximum atomic E-state index is 14.7. The van der Waals surface area contributed by atoms with E-state index in [0.717, 1.165) is 18.5 Å². The number of hydrogen-bond acceptors (Lipinski definition) is 5. The number of aromatic nitrogens is 2. The van der Waals surface area contributed by atoms with Gasteiger partial charge in [0.15, 0.2) is 17.4 Å². The molecular formula is C19H9F8N3O3. The third-order valence-corrected chi connectivity index (χ3v) is 3.84. The Kier molecular flexibility index (Phi) is 6.37. The van der Waals surface area contributed by atoms with Gasteiger partial charge in [0.25, 0.3) is 5.91 Å². The van der Waals surface area contributed by atoms with Gasteiger partial charge >= 0.3 is 12.5 Å². The van der Waals surface area contributed by atoms with Crippen molar-refractivity contribution < 1.29 is 49.4 Å². The first-order valence-electron chi connectivity index (χ1n) is 8.56. The Balaban J connectivity index is 2.00. The number of nitrogens with one attached hydrogen (secondary N) is 1. The summed E-state index contributed by atoms with van der Waals surface area (Å²) in [6, 6.07) is 3.81. The van der Waals surface area contributed by atoms with Crippen molar-refractivity contribution in [1.29, 1.82) is 0 Å². The molecule has 6 nitrogen and oxygen atoms in total. The van der Waals surface area contributed by atoms with E-state index < -0.39 is 58.5 Å². The van der Waals surface area contributed by atoms with E-state index in [1.807, 2.05) is 0 Å². The normalized spacial score (nSPS) is 11.8. The molecule has 0 atom stereocenters. The summed E-state index contributed by atoms with van der Waals surface area (Å²) < 4.78 is 113. The van der Waals surface area contributed by atoms with Crippen LogP contribution in [0, 0.1) is 11.6 Å². The van der Waals surface area contributed by atoms with Crippen molar-refractivity contribution in [2.75, 3.05) is 5.32 Å². The Morgan fingerprint density at radius 1 is 0.909 bits per heavy atom. The van der Waals surface area contributed by atoms with E-state index in [1.165, 1.54) is 6.07 Å². The minimum Gasteiger partial charge on any atom is -0.456 e. The Morgan fingerprint density at radius 3 is 2.18 bits per heavy atom. The van der Waals surface area contributed by atoms with Crippen LogP contribution in [0.15, 0.2) is 48.8 Å². The van der Waals surface area contributed by atoms with E-state index in [2.05, 4.69) is 20.3 Å². The van der Waals surface area contributed by atoms with Gasteiger partial charge in [0, 0.05) is 6.07 Å². The van der Waals surface area contributed by atoms with Crippen LogP contribution in [-0.2, 0) is 6.18 Å². The van der Waals surface area contributed by atoms with Crippen molar-refractivity contribution in [2.24, 2.45) is 0 Å². The predicted molar refractivity (Wildman–Crippen MR) is 94.5 cm³/mol. The highest BCUT2D eigenvalue weighted by Gasteiger charge is 2.37. The summed E-state index contributed by atoms with van der Waals surface area (Å²) in [7, 11) is 0. The smallest absolute Gasteiger partial charge is 0.456 e. The molecule has 3 rings (SSSR count). The molecule has 1 heterocycles. The molecule has 2 aromatic carbocycles. The lowest BCUT2D eigenvalue weighted by atomic mass is 10.1. The Labute approximate surface area is 178 Å². The number of halogens is 8. The number of carbonyl (C=O) groups excluding carboxylic acids is 1. The number of ether oxygens (including phenoxy) is 2. The molecule has 0 spiro atoms. The van der Waals surface area contributed by atoms with Gasteiger partial charge in [0.2, 0.25) is 0 Å². The number of nitrogens with zero attached hydrogens (tertiary/aromatic N) is 2. The average molecular weight is 479 g/mol.